The lowest BCUT2D eigenvalue weighted by atomic mass is 9.79. The smallest absolute Gasteiger partial charge is 0.229 e. The fraction of sp³-hybridized carbons (Fsp3) is 0.333. The zero-order valence-electron chi connectivity index (χ0n) is 19.0. The summed E-state index contributed by atoms with van der Waals surface area (Å²) in [6.07, 6.45) is 4.48. The van der Waals surface area contributed by atoms with Gasteiger partial charge in [-0.3, -0.25) is 4.79 Å². The van der Waals surface area contributed by atoms with Crippen molar-refractivity contribution in [3.8, 4) is 11.4 Å². The van der Waals surface area contributed by atoms with Crippen molar-refractivity contribution in [1.29, 1.82) is 0 Å². The molecule has 1 aromatic heterocycles. The van der Waals surface area contributed by atoms with Crippen LogP contribution < -0.4 is 4.74 Å². The summed E-state index contributed by atoms with van der Waals surface area (Å²) in [5.41, 5.74) is 5.78. The summed E-state index contributed by atoms with van der Waals surface area (Å²) in [6, 6.07) is 16.1. The van der Waals surface area contributed by atoms with Crippen LogP contribution in [0.3, 0.4) is 0 Å². The quantitative estimate of drug-likeness (QED) is 0.506. The predicted octanol–water partition coefficient (Wildman–Crippen LogP) is 4.92. The number of allylic oxidation sites excluding steroid dienone is 1. The molecule has 2 aliphatic rings. The SMILES string of the molecule is C[C@@H]1C2=C(CC[C@H]2C(=O)N(C)CCOc2ccccc2)Cc2c1cnn2-c1ccc(F)cc1. The van der Waals surface area contributed by atoms with E-state index >= 15 is 0 Å². The number of likely N-dealkylation sites (N-methyl/N-ethyl adjacent to an activating group) is 1. The van der Waals surface area contributed by atoms with Gasteiger partial charge in [0, 0.05) is 24.9 Å². The van der Waals surface area contributed by atoms with Crippen molar-refractivity contribution in [3.05, 3.63) is 89.0 Å². The normalized spacial score (nSPS) is 19.2. The summed E-state index contributed by atoms with van der Waals surface area (Å²) in [7, 11) is 1.86. The molecule has 0 bridgehead atoms. The monoisotopic (exact) mass is 445 g/mol. The number of para-hydroxylation sites is 1. The van der Waals surface area contributed by atoms with Crippen molar-refractivity contribution in [1.82, 2.24) is 14.7 Å². The Kier molecular flexibility index (Phi) is 5.75. The third-order valence-electron chi connectivity index (χ3n) is 6.92. The molecule has 2 atom stereocenters. The Morgan fingerprint density at radius 3 is 2.70 bits per heavy atom. The van der Waals surface area contributed by atoms with Gasteiger partial charge in [0.2, 0.25) is 5.91 Å². The van der Waals surface area contributed by atoms with E-state index in [0.29, 0.717) is 13.2 Å². The van der Waals surface area contributed by atoms with Gasteiger partial charge in [-0.2, -0.15) is 5.10 Å². The van der Waals surface area contributed by atoms with E-state index in [0.717, 1.165) is 42.0 Å². The van der Waals surface area contributed by atoms with Gasteiger partial charge in [0.15, 0.2) is 0 Å². The summed E-state index contributed by atoms with van der Waals surface area (Å²) in [5, 5.41) is 4.61. The first-order chi connectivity index (χ1) is 16.0. The molecule has 33 heavy (non-hydrogen) atoms. The van der Waals surface area contributed by atoms with E-state index in [1.807, 2.05) is 48.3 Å². The van der Waals surface area contributed by atoms with Crippen LogP contribution in [-0.4, -0.2) is 40.8 Å². The molecule has 0 saturated carbocycles. The molecule has 5 nitrogen and oxygen atoms in total. The topological polar surface area (TPSA) is 47.4 Å². The van der Waals surface area contributed by atoms with E-state index in [-0.39, 0.29) is 23.6 Å². The average molecular weight is 446 g/mol. The van der Waals surface area contributed by atoms with Crippen LogP contribution in [0.15, 0.2) is 71.9 Å². The Balaban J connectivity index is 1.29. The second-order valence-corrected chi connectivity index (χ2v) is 8.90. The first-order valence-corrected chi connectivity index (χ1v) is 11.5. The highest BCUT2D eigenvalue weighted by atomic mass is 19.1. The van der Waals surface area contributed by atoms with Gasteiger partial charge in [-0.05, 0) is 49.2 Å². The number of hydrogen-bond acceptors (Lipinski definition) is 3. The highest BCUT2D eigenvalue weighted by Gasteiger charge is 2.40. The molecule has 2 aliphatic carbocycles. The number of carbonyl (C=O) groups is 1. The van der Waals surface area contributed by atoms with Gasteiger partial charge in [-0.15, -0.1) is 0 Å². The second-order valence-electron chi connectivity index (χ2n) is 8.90. The van der Waals surface area contributed by atoms with Gasteiger partial charge in [0.25, 0.3) is 0 Å². The largest absolute Gasteiger partial charge is 0.492 e. The Morgan fingerprint density at radius 1 is 1.18 bits per heavy atom. The number of hydrogen-bond donors (Lipinski definition) is 0. The van der Waals surface area contributed by atoms with Crippen LogP contribution in [0.1, 0.15) is 36.9 Å². The maximum Gasteiger partial charge on any atom is 0.229 e. The van der Waals surface area contributed by atoms with Crippen molar-refractivity contribution < 1.29 is 13.9 Å². The van der Waals surface area contributed by atoms with Crippen molar-refractivity contribution in [3.63, 3.8) is 0 Å². The molecule has 6 heteroatoms. The van der Waals surface area contributed by atoms with Gasteiger partial charge in [0.05, 0.1) is 30.0 Å². The Labute approximate surface area is 193 Å². The number of halogens is 1. The van der Waals surface area contributed by atoms with Crippen molar-refractivity contribution in [2.45, 2.75) is 32.1 Å². The molecular formula is C27H28FN3O2. The molecule has 0 saturated heterocycles. The number of aromatic nitrogens is 2. The van der Waals surface area contributed by atoms with Gasteiger partial charge in [0.1, 0.15) is 18.2 Å². The van der Waals surface area contributed by atoms with E-state index in [1.165, 1.54) is 23.3 Å². The van der Waals surface area contributed by atoms with Gasteiger partial charge in [-0.25, -0.2) is 9.07 Å². The zero-order valence-corrected chi connectivity index (χ0v) is 19.0. The minimum atomic E-state index is -0.256. The molecule has 5 rings (SSSR count). The summed E-state index contributed by atoms with van der Waals surface area (Å²) in [5.74, 6) is 0.782. The molecular weight excluding hydrogens is 417 g/mol. The Hall–Kier alpha value is -3.41. The molecule has 2 aromatic carbocycles. The van der Waals surface area contributed by atoms with Crippen LogP contribution in [-0.2, 0) is 11.2 Å². The third-order valence-corrected chi connectivity index (χ3v) is 6.92. The van der Waals surface area contributed by atoms with Gasteiger partial charge >= 0.3 is 0 Å². The molecule has 1 amide bonds. The highest BCUT2D eigenvalue weighted by molar-refractivity contribution is 5.83. The van der Waals surface area contributed by atoms with E-state index < -0.39 is 0 Å². The summed E-state index contributed by atoms with van der Waals surface area (Å²) in [6.45, 7) is 3.19. The molecule has 0 radical (unpaired) electrons. The standard InChI is InChI=1S/C27H28FN3O2/c1-18-24-17-29-31(21-11-9-20(28)10-12-21)25(24)16-19-8-13-23(26(18)19)27(32)30(2)14-15-33-22-6-4-3-5-7-22/h3-7,9-12,17-18,23H,8,13-16H2,1-2H3/t18-,23+/m0/s1. The van der Waals surface area contributed by atoms with Crippen molar-refractivity contribution in [2.24, 2.45) is 5.92 Å². The minimum absolute atomic E-state index is 0.0842. The lowest BCUT2D eigenvalue weighted by Crippen LogP contribution is -2.36. The third kappa shape index (κ3) is 4.06. The summed E-state index contributed by atoms with van der Waals surface area (Å²) in [4.78, 5) is 15.1. The van der Waals surface area contributed by atoms with E-state index in [2.05, 4.69) is 12.0 Å². The second kappa shape index (κ2) is 8.85. The molecule has 170 valence electrons. The maximum absolute atomic E-state index is 13.4. The molecule has 0 fully saturated rings. The predicted molar refractivity (Wildman–Crippen MR) is 125 cm³/mol. The van der Waals surface area contributed by atoms with Crippen LogP contribution in [0, 0.1) is 11.7 Å². The molecule has 1 heterocycles. The Bertz CT molecular complexity index is 1180. The van der Waals surface area contributed by atoms with E-state index in [9.17, 15) is 9.18 Å². The zero-order chi connectivity index (χ0) is 22.9. The van der Waals surface area contributed by atoms with E-state index in [1.54, 1.807) is 17.0 Å². The first kappa shape index (κ1) is 21.4. The summed E-state index contributed by atoms with van der Waals surface area (Å²) < 4.78 is 21.1. The van der Waals surface area contributed by atoms with Crippen LogP contribution in [0.4, 0.5) is 4.39 Å². The number of ether oxygens (including phenoxy) is 1. The summed E-state index contributed by atoms with van der Waals surface area (Å²) >= 11 is 0. The highest BCUT2D eigenvalue weighted by Crippen LogP contribution is 2.47. The molecule has 0 unspecified atom stereocenters. The number of nitrogens with zero attached hydrogens (tertiary/aromatic N) is 3. The fourth-order valence-corrected chi connectivity index (χ4v) is 5.21. The molecule has 0 aliphatic heterocycles. The number of benzene rings is 2. The van der Waals surface area contributed by atoms with Crippen molar-refractivity contribution >= 4 is 5.91 Å². The Morgan fingerprint density at radius 2 is 1.94 bits per heavy atom. The number of carbonyl (C=O) groups excluding carboxylic acids is 1. The van der Waals surface area contributed by atoms with E-state index in [4.69, 9.17) is 4.74 Å². The number of fused-ring (bicyclic) bond motifs is 1. The average Bonchev–Trinajstić information content (AvgIpc) is 3.45. The number of rotatable bonds is 6. The lowest BCUT2D eigenvalue weighted by molar-refractivity contribution is -0.133. The van der Waals surface area contributed by atoms with Gasteiger partial charge < -0.3 is 9.64 Å². The van der Waals surface area contributed by atoms with Crippen molar-refractivity contribution in [2.75, 3.05) is 20.2 Å². The first-order valence-electron chi connectivity index (χ1n) is 11.5. The molecule has 3 aromatic rings. The maximum atomic E-state index is 13.4. The van der Waals surface area contributed by atoms with Gasteiger partial charge in [-0.1, -0.05) is 36.3 Å². The number of amides is 1. The molecule has 0 N–H and O–H groups in total. The minimum Gasteiger partial charge on any atom is -0.492 e. The van der Waals surface area contributed by atoms with Crippen LogP contribution in [0.5, 0.6) is 5.75 Å². The molecule has 0 spiro atoms. The fourth-order valence-electron chi connectivity index (χ4n) is 5.21. The van der Waals surface area contributed by atoms with Crippen LogP contribution in [0.25, 0.3) is 5.69 Å². The van der Waals surface area contributed by atoms with Crippen LogP contribution in [0.2, 0.25) is 0 Å². The van der Waals surface area contributed by atoms with Crippen LogP contribution >= 0.6 is 0 Å². The lowest BCUT2D eigenvalue weighted by Gasteiger charge is -2.29.